The number of hydrogen-bond donors (Lipinski definition) is 1. The maximum Gasteiger partial charge on any atom is 0.225 e. The molecule has 1 N–H and O–H groups in total. The van der Waals surface area contributed by atoms with Crippen LogP contribution in [0.1, 0.15) is 13.3 Å². The number of hydrogen-bond acceptors (Lipinski definition) is 2. The van der Waals surface area contributed by atoms with E-state index in [9.17, 15) is 4.89 Å². The molecule has 35 valence electrons. The van der Waals surface area contributed by atoms with Gasteiger partial charge in [-0.15, -0.1) is 0 Å². The Morgan fingerprint density at radius 3 is 2.50 bits per heavy atom. The molecule has 0 saturated carbocycles. The Labute approximate surface area is 38.0 Å². The fourth-order valence-corrected chi connectivity index (χ4v) is 0.406. The molecule has 6 heavy (non-hydrogen) atoms. The van der Waals surface area contributed by atoms with Gasteiger partial charge in [-0.05, 0) is 0 Å². The Morgan fingerprint density at radius 1 is 2.00 bits per heavy atom. The Bertz CT molecular complexity index is 55.8. The highest BCUT2D eigenvalue weighted by atomic mass is 31.1. The first-order valence-corrected chi connectivity index (χ1v) is 2.88. The molecule has 1 atom stereocenters. The predicted octanol–water partition coefficient (Wildman–Crippen LogP) is -0.260. The van der Waals surface area contributed by atoms with Crippen LogP contribution in [0.25, 0.3) is 0 Å². The van der Waals surface area contributed by atoms with Crippen LogP contribution in [0, 0.1) is 0 Å². The zero-order chi connectivity index (χ0) is 4.99. The zero-order valence-electron chi connectivity index (χ0n) is 3.51. The second-order valence-corrected chi connectivity index (χ2v) is 1.65. The summed E-state index contributed by atoms with van der Waals surface area (Å²) in [4.78, 5) is 17.6. The SMILES string of the molecule is CC/[C]=[P+](\[O-])O. The summed E-state index contributed by atoms with van der Waals surface area (Å²) < 4.78 is 0. The Morgan fingerprint density at radius 2 is 2.50 bits per heavy atom. The van der Waals surface area contributed by atoms with E-state index in [4.69, 9.17) is 4.89 Å². The van der Waals surface area contributed by atoms with Gasteiger partial charge in [-0.1, -0.05) is 6.92 Å². The minimum Gasteiger partial charge on any atom is -0.603 e. The van der Waals surface area contributed by atoms with Gasteiger partial charge in [-0.25, -0.2) is 0 Å². The van der Waals surface area contributed by atoms with Crippen molar-refractivity contribution < 1.29 is 9.79 Å². The molecular formula is C3H6O2P. The second-order valence-electron chi connectivity index (χ2n) is 0.785. The third-order valence-electron chi connectivity index (χ3n) is 0.293. The zero-order valence-corrected chi connectivity index (χ0v) is 4.40. The van der Waals surface area contributed by atoms with E-state index < -0.39 is 8.00 Å². The molecule has 0 heterocycles. The van der Waals surface area contributed by atoms with Gasteiger partial charge in [0, 0.05) is 6.42 Å². The van der Waals surface area contributed by atoms with Gasteiger partial charge in [-0.3, -0.25) is 0 Å². The van der Waals surface area contributed by atoms with E-state index in [0.29, 0.717) is 6.42 Å². The van der Waals surface area contributed by atoms with E-state index in [-0.39, 0.29) is 0 Å². The van der Waals surface area contributed by atoms with Crippen molar-refractivity contribution in [3.63, 3.8) is 0 Å². The highest BCUT2D eigenvalue weighted by Gasteiger charge is 1.79. The maximum absolute atomic E-state index is 9.64. The van der Waals surface area contributed by atoms with Crippen LogP contribution in [0.2, 0.25) is 0 Å². The lowest BCUT2D eigenvalue weighted by Gasteiger charge is -1.75. The monoisotopic (exact) mass is 105 g/mol. The molecule has 3 heteroatoms. The van der Waals surface area contributed by atoms with Gasteiger partial charge in [-0.2, -0.15) is 4.89 Å². The normalized spacial score (nSPS) is 12.2. The van der Waals surface area contributed by atoms with Gasteiger partial charge in [0.25, 0.3) is 0 Å². The third kappa shape index (κ3) is 4.09. The lowest BCUT2D eigenvalue weighted by Crippen LogP contribution is -1.85. The van der Waals surface area contributed by atoms with E-state index in [0.717, 1.165) is 0 Å². The van der Waals surface area contributed by atoms with Crippen LogP contribution in [0.4, 0.5) is 0 Å². The highest BCUT2D eigenvalue weighted by Crippen LogP contribution is 1.97. The van der Waals surface area contributed by atoms with Gasteiger partial charge in [0.2, 0.25) is 8.00 Å². The van der Waals surface area contributed by atoms with Crippen molar-refractivity contribution in [2.75, 3.05) is 0 Å². The Balaban J connectivity index is 3.14. The number of rotatable bonds is 1. The standard InChI is InChI=1S/C3H6O2P/c1-2-3-6(4)5/h2H2,1H3,(H,4,5). The average Bonchev–Trinajstić information content (AvgIpc) is 1.35. The van der Waals surface area contributed by atoms with Crippen molar-refractivity contribution in [1.29, 1.82) is 0 Å². The molecule has 0 bridgehead atoms. The van der Waals surface area contributed by atoms with Crippen molar-refractivity contribution in [2.24, 2.45) is 0 Å². The van der Waals surface area contributed by atoms with Crippen LogP contribution in [0.5, 0.6) is 0 Å². The summed E-state index contributed by atoms with van der Waals surface area (Å²) in [6.45, 7) is 1.77. The van der Waals surface area contributed by atoms with E-state index in [1.165, 1.54) is 0 Å². The summed E-state index contributed by atoms with van der Waals surface area (Å²) in [5, 5.41) is 0. The molecule has 0 aromatic carbocycles. The van der Waals surface area contributed by atoms with Crippen LogP contribution in [-0.2, 0) is 0 Å². The minimum atomic E-state index is -2.10. The van der Waals surface area contributed by atoms with Gasteiger partial charge in [0.05, 0.1) is 0 Å². The molecule has 0 aliphatic heterocycles. The smallest absolute Gasteiger partial charge is 0.225 e. The first-order valence-electron chi connectivity index (χ1n) is 1.67. The van der Waals surface area contributed by atoms with Crippen LogP contribution in [-0.4, -0.2) is 10.7 Å². The summed E-state index contributed by atoms with van der Waals surface area (Å²) >= 11 is 0. The molecule has 0 fully saturated rings. The molecule has 2 nitrogen and oxygen atoms in total. The average molecular weight is 105 g/mol. The molecule has 0 aromatic heterocycles. The molecular weight excluding hydrogens is 99.0 g/mol. The fraction of sp³-hybridized carbons (Fsp3) is 0.667. The first kappa shape index (κ1) is 6.09. The van der Waals surface area contributed by atoms with Crippen LogP contribution in [0.3, 0.4) is 0 Å². The maximum atomic E-state index is 9.64. The summed E-state index contributed by atoms with van der Waals surface area (Å²) in [5.41, 5.74) is 0. The van der Waals surface area contributed by atoms with Crippen LogP contribution < -0.4 is 4.89 Å². The molecule has 1 unspecified atom stereocenters. The summed E-state index contributed by atoms with van der Waals surface area (Å²) in [6, 6.07) is 0. The summed E-state index contributed by atoms with van der Waals surface area (Å²) in [6.07, 6.45) is 0.547. The van der Waals surface area contributed by atoms with E-state index in [1.54, 1.807) is 6.92 Å². The fourth-order valence-electron chi connectivity index (χ4n) is 0.135. The van der Waals surface area contributed by atoms with Crippen molar-refractivity contribution in [3.8, 4) is 0 Å². The third-order valence-corrected chi connectivity index (χ3v) is 0.880. The van der Waals surface area contributed by atoms with Crippen molar-refractivity contribution >= 4 is 13.8 Å². The first-order chi connectivity index (χ1) is 2.77. The van der Waals surface area contributed by atoms with Gasteiger partial charge in [0.15, 0.2) is 5.80 Å². The molecule has 0 aliphatic rings. The van der Waals surface area contributed by atoms with Crippen molar-refractivity contribution in [3.05, 3.63) is 0 Å². The molecule has 0 rings (SSSR count). The molecule has 0 saturated heterocycles. The molecule has 0 spiro atoms. The predicted molar refractivity (Wildman–Crippen MR) is 24.4 cm³/mol. The van der Waals surface area contributed by atoms with Crippen molar-refractivity contribution in [2.45, 2.75) is 13.3 Å². The summed E-state index contributed by atoms with van der Waals surface area (Å²) in [7, 11) is -2.10. The molecule has 1 radical (unpaired) electrons. The van der Waals surface area contributed by atoms with Crippen LogP contribution >= 0.6 is 8.00 Å². The van der Waals surface area contributed by atoms with Gasteiger partial charge >= 0.3 is 0 Å². The lowest BCUT2D eigenvalue weighted by molar-refractivity contribution is -0.167. The van der Waals surface area contributed by atoms with Gasteiger partial charge < -0.3 is 4.89 Å². The van der Waals surface area contributed by atoms with E-state index in [1.807, 2.05) is 0 Å². The van der Waals surface area contributed by atoms with E-state index in [2.05, 4.69) is 5.80 Å². The highest BCUT2D eigenvalue weighted by molar-refractivity contribution is 7.43. The quantitative estimate of drug-likeness (QED) is 0.467. The lowest BCUT2D eigenvalue weighted by atomic mass is 10.6. The van der Waals surface area contributed by atoms with Crippen molar-refractivity contribution in [1.82, 2.24) is 0 Å². The second kappa shape index (κ2) is 3.29. The topological polar surface area (TPSA) is 43.3 Å². The molecule has 0 amide bonds. The minimum absolute atomic E-state index is 0.547. The largest absolute Gasteiger partial charge is 0.603 e. The van der Waals surface area contributed by atoms with E-state index >= 15 is 0 Å². The molecule has 0 aromatic rings. The van der Waals surface area contributed by atoms with Gasteiger partial charge in [0.1, 0.15) is 0 Å². The Hall–Kier alpha value is 0.0900. The molecule has 0 aliphatic carbocycles. The van der Waals surface area contributed by atoms with Crippen LogP contribution in [0.15, 0.2) is 0 Å². The summed E-state index contributed by atoms with van der Waals surface area (Å²) in [5.74, 6) is 2.27. The Kier molecular flexibility index (Phi) is 3.34.